The molecule has 0 spiro atoms. The van der Waals surface area contributed by atoms with E-state index in [9.17, 15) is 13.2 Å². The summed E-state index contributed by atoms with van der Waals surface area (Å²) in [5.74, 6) is 0.997. The van der Waals surface area contributed by atoms with Gasteiger partial charge < -0.3 is 18.9 Å². The number of carbonyl (C=O) groups excluding carboxylic acids is 1. The van der Waals surface area contributed by atoms with E-state index < -0.39 is 15.8 Å². The Labute approximate surface area is 198 Å². The zero-order chi connectivity index (χ0) is 24.7. The lowest BCUT2D eigenvalue weighted by Gasteiger charge is -2.13. The number of pyridine rings is 1. The molecule has 0 bridgehead atoms. The van der Waals surface area contributed by atoms with Gasteiger partial charge in [0, 0.05) is 11.8 Å². The molecule has 0 saturated heterocycles. The Morgan fingerprint density at radius 3 is 2.15 bits per heavy atom. The van der Waals surface area contributed by atoms with Crippen LogP contribution in [0, 0.1) is 0 Å². The van der Waals surface area contributed by atoms with Gasteiger partial charge >= 0.3 is 0 Å². The second-order valence-electron chi connectivity index (χ2n) is 6.87. The lowest BCUT2D eigenvalue weighted by Crippen LogP contribution is -2.15. The Kier molecular flexibility index (Phi) is 7.75. The van der Waals surface area contributed by atoms with Crippen molar-refractivity contribution in [1.82, 2.24) is 4.98 Å². The van der Waals surface area contributed by atoms with E-state index in [-0.39, 0.29) is 21.9 Å². The topological polar surface area (TPSA) is 113 Å². The second kappa shape index (κ2) is 10.7. The van der Waals surface area contributed by atoms with E-state index in [4.69, 9.17) is 18.9 Å². The van der Waals surface area contributed by atoms with Crippen LogP contribution in [0.25, 0.3) is 6.08 Å². The third kappa shape index (κ3) is 5.46. The summed E-state index contributed by atoms with van der Waals surface area (Å²) in [4.78, 5) is 16.6. The van der Waals surface area contributed by atoms with E-state index in [1.54, 1.807) is 30.3 Å². The van der Waals surface area contributed by atoms with Gasteiger partial charge in [-0.2, -0.15) is 0 Å². The van der Waals surface area contributed by atoms with Crippen molar-refractivity contribution < 1.29 is 32.2 Å². The predicted molar refractivity (Wildman–Crippen MR) is 128 cm³/mol. The van der Waals surface area contributed by atoms with E-state index in [0.717, 1.165) is 0 Å². The predicted octanol–water partition coefficient (Wildman–Crippen LogP) is 3.81. The molecule has 0 saturated carbocycles. The Balaban J connectivity index is 1.92. The molecule has 1 N–H and O–H groups in total. The lowest BCUT2D eigenvalue weighted by atomic mass is 10.1. The molecule has 0 aliphatic carbocycles. The SMILES string of the molecule is COc1ccc(C(=O)/C=C/c2cc(OC)c(OC)c(OC)c2)cc1S(=O)(=O)Nc1cccnc1. The van der Waals surface area contributed by atoms with Crippen molar-refractivity contribution in [2.75, 3.05) is 33.2 Å². The highest BCUT2D eigenvalue weighted by Crippen LogP contribution is 2.38. The maximum Gasteiger partial charge on any atom is 0.265 e. The number of hydrogen-bond donors (Lipinski definition) is 1. The zero-order valence-electron chi connectivity index (χ0n) is 19.1. The van der Waals surface area contributed by atoms with Crippen LogP contribution in [0.3, 0.4) is 0 Å². The molecule has 3 aromatic rings. The van der Waals surface area contributed by atoms with Gasteiger partial charge in [0.2, 0.25) is 5.75 Å². The summed E-state index contributed by atoms with van der Waals surface area (Å²) in [6, 6.07) is 10.7. The molecule has 0 atom stereocenters. The molecule has 0 fully saturated rings. The van der Waals surface area contributed by atoms with Gasteiger partial charge in [-0.25, -0.2) is 8.42 Å². The van der Waals surface area contributed by atoms with Gasteiger partial charge in [0.05, 0.1) is 40.3 Å². The fourth-order valence-corrected chi connectivity index (χ4v) is 4.38. The molecular formula is C24H24N2O7S. The smallest absolute Gasteiger partial charge is 0.265 e. The molecule has 1 aromatic heterocycles. The standard InChI is InChI=1S/C24H24N2O7S/c1-30-20-10-8-17(14-23(20)34(28,29)26-18-6-5-11-25-15-18)19(27)9-7-16-12-21(31-2)24(33-4)22(13-16)32-3/h5-15,26H,1-4H3/b9-7+. The van der Waals surface area contributed by atoms with E-state index in [0.29, 0.717) is 22.8 Å². The first-order valence-corrected chi connectivity index (χ1v) is 11.4. The van der Waals surface area contributed by atoms with E-state index >= 15 is 0 Å². The molecular weight excluding hydrogens is 460 g/mol. The fourth-order valence-electron chi connectivity index (χ4n) is 3.14. The van der Waals surface area contributed by atoms with Gasteiger partial charge in [-0.15, -0.1) is 0 Å². The molecule has 1 heterocycles. The third-order valence-corrected chi connectivity index (χ3v) is 6.17. The van der Waals surface area contributed by atoms with Crippen LogP contribution in [0.2, 0.25) is 0 Å². The van der Waals surface area contributed by atoms with Crippen LogP contribution in [0.5, 0.6) is 23.0 Å². The number of nitrogens with one attached hydrogen (secondary N) is 1. The largest absolute Gasteiger partial charge is 0.495 e. The average Bonchev–Trinajstić information content (AvgIpc) is 2.86. The number of ketones is 1. The minimum Gasteiger partial charge on any atom is -0.495 e. The first kappa shape index (κ1) is 24.6. The van der Waals surface area contributed by atoms with Gasteiger partial charge in [0.25, 0.3) is 10.0 Å². The van der Waals surface area contributed by atoms with Gasteiger partial charge in [-0.3, -0.25) is 14.5 Å². The van der Waals surface area contributed by atoms with Gasteiger partial charge in [0.15, 0.2) is 17.3 Å². The number of carbonyl (C=O) groups is 1. The summed E-state index contributed by atoms with van der Waals surface area (Å²) < 4.78 is 49.5. The first-order valence-electron chi connectivity index (χ1n) is 9.96. The number of benzene rings is 2. The minimum absolute atomic E-state index is 0.0987. The van der Waals surface area contributed by atoms with Crippen LogP contribution in [0.15, 0.2) is 65.8 Å². The third-order valence-electron chi connectivity index (χ3n) is 4.77. The van der Waals surface area contributed by atoms with Crippen molar-refractivity contribution in [1.29, 1.82) is 0 Å². The van der Waals surface area contributed by atoms with Crippen LogP contribution in [-0.4, -0.2) is 47.6 Å². The molecule has 0 aliphatic heterocycles. The highest BCUT2D eigenvalue weighted by molar-refractivity contribution is 7.92. The summed E-state index contributed by atoms with van der Waals surface area (Å²) in [7, 11) is 1.80. The van der Waals surface area contributed by atoms with Crippen LogP contribution >= 0.6 is 0 Å². The Hall–Kier alpha value is -4.05. The number of aromatic nitrogens is 1. The summed E-state index contributed by atoms with van der Waals surface area (Å²) in [5.41, 5.74) is 1.07. The van der Waals surface area contributed by atoms with Gasteiger partial charge in [-0.05, 0) is 54.1 Å². The van der Waals surface area contributed by atoms with Gasteiger partial charge in [-0.1, -0.05) is 6.08 Å². The maximum atomic E-state index is 12.9. The van der Waals surface area contributed by atoms with Crippen molar-refractivity contribution in [3.8, 4) is 23.0 Å². The minimum atomic E-state index is -4.04. The van der Waals surface area contributed by atoms with Crippen LogP contribution in [0.4, 0.5) is 5.69 Å². The Morgan fingerprint density at radius 2 is 1.59 bits per heavy atom. The molecule has 34 heavy (non-hydrogen) atoms. The van der Waals surface area contributed by atoms with Crippen molar-refractivity contribution in [2.24, 2.45) is 0 Å². The normalized spacial score (nSPS) is 11.2. The molecule has 0 radical (unpaired) electrons. The van der Waals surface area contributed by atoms with E-state index in [2.05, 4.69) is 9.71 Å². The Morgan fingerprint density at radius 1 is 0.912 bits per heavy atom. The number of methoxy groups -OCH3 is 4. The van der Waals surface area contributed by atoms with Crippen LogP contribution < -0.4 is 23.7 Å². The van der Waals surface area contributed by atoms with Crippen molar-refractivity contribution in [2.45, 2.75) is 4.90 Å². The summed E-state index contributed by atoms with van der Waals surface area (Å²) in [6.45, 7) is 0. The van der Waals surface area contributed by atoms with Crippen molar-refractivity contribution in [3.05, 3.63) is 72.1 Å². The number of rotatable bonds is 10. The quantitative estimate of drug-likeness (QED) is 0.341. The summed E-state index contributed by atoms with van der Waals surface area (Å²) in [6.07, 6.45) is 5.80. The van der Waals surface area contributed by atoms with Crippen molar-refractivity contribution in [3.63, 3.8) is 0 Å². The number of hydrogen-bond acceptors (Lipinski definition) is 8. The molecule has 10 heteroatoms. The average molecular weight is 485 g/mol. The molecule has 9 nitrogen and oxygen atoms in total. The number of anilines is 1. The Bertz CT molecular complexity index is 1280. The number of allylic oxidation sites excluding steroid dienone is 1. The summed E-state index contributed by atoms with van der Waals surface area (Å²) in [5, 5.41) is 0. The zero-order valence-corrected chi connectivity index (χ0v) is 19.9. The summed E-state index contributed by atoms with van der Waals surface area (Å²) >= 11 is 0. The highest BCUT2D eigenvalue weighted by atomic mass is 32.2. The van der Waals surface area contributed by atoms with E-state index in [1.165, 1.54) is 65.1 Å². The highest BCUT2D eigenvalue weighted by Gasteiger charge is 2.22. The lowest BCUT2D eigenvalue weighted by molar-refractivity contribution is 0.104. The molecule has 0 unspecified atom stereocenters. The number of sulfonamides is 1. The number of nitrogens with zero attached hydrogens (tertiary/aromatic N) is 1. The second-order valence-corrected chi connectivity index (χ2v) is 8.52. The number of ether oxygens (including phenoxy) is 4. The van der Waals surface area contributed by atoms with Gasteiger partial charge in [0.1, 0.15) is 10.6 Å². The molecule has 178 valence electrons. The first-order chi connectivity index (χ1) is 16.3. The molecule has 0 amide bonds. The monoisotopic (exact) mass is 484 g/mol. The van der Waals surface area contributed by atoms with E-state index in [1.807, 2.05) is 0 Å². The van der Waals surface area contributed by atoms with Crippen molar-refractivity contribution >= 4 is 27.6 Å². The maximum absolute atomic E-state index is 12.9. The van der Waals surface area contributed by atoms with Crippen LogP contribution in [0.1, 0.15) is 15.9 Å². The fraction of sp³-hybridized carbons (Fsp3) is 0.167. The molecule has 2 aromatic carbocycles. The van der Waals surface area contributed by atoms with Crippen LogP contribution in [-0.2, 0) is 10.0 Å². The molecule has 0 aliphatic rings. The molecule has 3 rings (SSSR count).